The number of nitrogens with two attached hydrogens (primary N) is 1. The first kappa shape index (κ1) is 15.2. The molecule has 0 bridgehead atoms. The van der Waals surface area contributed by atoms with E-state index in [1.54, 1.807) is 7.11 Å². The summed E-state index contributed by atoms with van der Waals surface area (Å²) in [5.74, 6) is -0.407. The maximum Gasteiger partial charge on any atom is 0.246 e. The molecule has 0 atom stereocenters. The molecule has 0 spiro atoms. The van der Waals surface area contributed by atoms with Gasteiger partial charge in [-0.15, -0.1) is 0 Å². The molecule has 1 fully saturated rings. The second-order valence-electron chi connectivity index (χ2n) is 4.99. The molecule has 0 saturated carbocycles. The highest BCUT2D eigenvalue weighted by Crippen LogP contribution is 2.26. The van der Waals surface area contributed by atoms with Gasteiger partial charge >= 0.3 is 0 Å². The number of halogens is 1. The maximum atomic E-state index is 13.7. The zero-order chi connectivity index (χ0) is 14.8. The third-order valence-electron chi connectivity index (χ3n) is 3.55. The summed E-state index contributed by atoms with van der Waals surface area (Å²) < 4.78 is 45.0. The van der Waals surface area contributed by atoms with E-state index in [0.29, 0.717) is 25.6 Å². The van der Waals surface area contributed by atoms with Crippen LogP contribution in [0.3, 0.4) is 0 Å². The number of nitrogen functional groups attached to an aromatic ring is 1. The zero-order valence-corrected chi connectivity index (χ0v) is 12.2. The Morgan fingerprint density at radius 3 is 2.65 bits per heavy atom. The number of benzene rings is 1. The summed E-state index contributed by atoms with van der Waals surface area (Å²) >= 11 is 0. The minimum absolute atomic E-state index is 0.235. The normalized spacial score (nSPS) is 18.3. The molecular formula is C13H19FN2O3S. The van der Waals surface area contributed by atoms with Gasteiger partial charge < -0.3 is 10.5 Å². The monoisotopic (exact) mass is 302 g/mol. The van der Waals surface area contributed by atoms with Crippen molar-refractivity contribution < 1.29 is 17.5 Å². The molecule has 0 aromatic heterocycles. The van der Waals surface area contributed by atoms with Crippen LogP contribution >= 0.6 is 0 Å². The molecule has 2 N–H and O–H groups in total. The van der Waals surface area contributed by atoms with Gasteiger partial charge in [0.15, 0.2) is 0 Å². The Hall–Kier alpha value is -1.18. The topological polar surface area (TPSA) is 72.6 Å². The third-order valence-corrected chi connectivity index (χ3v) is 5.46. The van der Waals surface area contributed by atoms with Gasteiger partial charge in [0.2, 0.25) is 10.0 Å². The van der Waals surface area contributed by atoms with Crippen LogP contribution in [0, 0.1) is 11.7 Å². The van der Waals surface area contributed by atoms with Gasteiger partial charge in [-0.2, -0.15) is 4.31 Å². The summed E-state index contributed by atoms with van der Waals surface area (Å²) in [6.07, 6.45) is 1.44. The second kappa shape index (κ2) is 6.07. The van der Waals surface area contributed by atoms with Crippen molar-refractivity contribution >= 4 is 15.7 Å². The lowest BCUT2D eigenvalue weighted by atomic mass is 9.99. The molecule has 0 aliphatic carbocycles. The predicted octanol–water partition coefficient (Wildman–Crippen LogP) is 1.45. The fraction of sp³-hybridized carbons (Fsp3) is 0.538. The Balaban J connectivity index is 2.18. The number of nitrogens with zero attached hydrogens (tertiary/aromatic N) is 1. The number of sulfonamides is 1. The number of ether oxygens (including phenoxy) is 1. The Morgan fingerprint density at radius 1 is 1.40 bits per heavy atom. The first-order chi connectivity index (χ1) is 9.45. The van der Waals surface area contributed by atoms with E-state index in [9.17, 15) is 12.8 Å². The molecule has 112 valence electrons. The molecule has 0 unspecified atom stereocenters. The van der Waals surface area contributed by atoms with E-state index in [-0.39, 0.29) is 10.6 Å². The number of anilines is 1. The van der Waals surface area contributed by atoms with Crippen molar-refractivity contribution in [3.8, 4) is 0 Å². The van der Waals surface area contributed by atoms with Crippen LogP contribution in [-0.4, -0.2) is 39.5 Å². The van der Waals surface area contributed by atoms with E-state index < -0.39 is 15.8 Å². The largest absolute Gasteiger partial charge is 0.399 e. The van der Waals surface area contributed by atoms with Crippen LogP contribution < -0.4 is 5.73 Å². The maximum absolute atomic E-state index is 13.7. The van der Waals surface area contributed by atoms with Crippen LogP contribution in [0.5, 0.6) is 0 Å². The van der Waals surface area contributed by atoms with Gasteiger partial charge in [-0.25, -0.2) is 12.8 Å². The highest BCUT2D eigenvalue weighted by Gasteiger charge is 2.31. The van der Waals surface area contributed by atoms with E-state index in [1.165, 1.54) is 16.4 Å². The highest BCUT2D eigenvalue weighted by atomic mass is 32.2. The lowest BCUT2D eigenvalue weighted by Crippen LogP contribution is -2.39. The molecule has 1 saturated heterocycles. The van der Waals surface area contributed by atoms with Crippen molar-refractivity contribution in [3.63, 3.8) is 0 Å². The van der Waals surface area contributed by atoms with Crippen LogP contribution in [0.25, 0.3) is 0 Å². The third kappa shape index (κ3) is 3.11. The summed E-state index contributed by atoms with van der Waals surface area (Å²) in [5, 5.41) is 0. The van der Waals surface area contributed by atoms with Crippen LogP contribution in [0.1, 0.15) is 12.8 Å². The van der Waals surface area contributed by atoms with Crippen molar-refractivity contribution in [1.29, 1.82) is 0 Å². The van der Waals surface area contributed by atoms with Crippen LogP contribution in [-0.2, 0) is 14.8 Å². The molecule has 1 aromatic rings. The Bertz CT molecular complexity index is 569. The average Bonchev–Trinajstić information content (AvgIpc) is 2.42. The molecule has 1 aliphatic rings. The van der Waals surface area contributed by atoms with Crippen molar-refractivity contribution in [2.24, 2.45) is 5.92 Å². The van der Waals surface area contributed by atoms with Gasteiger partial charge in [0.05, 0.1) is 0 Å². The standard InChI is InChI=1S/C13H19FN2O3S/c1-19-9-10-4-6-16(7-5-10)20(17,18)13-8-11(15)2-3-12(13)14/h2-3,8,10H,4-7,9,15H2,1H3. The van der Waals surface area contributed by atoms with Gasteiger partial charge in [-0.1, -0.05) is 0 Å². The molecule has 1 aromatic carbocycles. The summed E-state index contributed by atoms with van der Waals surface area (Å²) in [6, 6.07) is 3.60. The fourth-order valence-electron chi connectivity index (χ4n) is 2.41. The van der Waals surface area contributed by atoms with Crippen molar-refractivity contribution in [2.45, 2.75) is 17.7 Å². The van der Waals surface area contributed by atoms with E-state index >= 15 is 0 Å². The molecule has 2 rings (SSSR count). The van der Waals surface area contributed by atoms with Gasteiger partial charge in [-0.3, -0.25) is 0 Å². The van der Waals surface area contributed by atoms with E-state index in [4.69, 9.17) is 10.5 Å². The number of rotatable bonds is 4. The van der Waals surface area contributed by atoms with E-state index in [0.717, 1.165) is 18.9 Å². The number of hydrogen-bond donors (Lipinski definition) is 1. The smallest absolute Gasteiger partial charge is 0.246 e. The zero-order valence-electron chi connectivity index (χ0n) is 11.4. The quantitative estimate of drug-likeness (QED) is 0.855. The van der Waals surface area contributed by atoms with Gasteiger partial charge in [-0.05, 0) is 37.0 Å². The first-order valence-corrected chi connectivity index (χ1v) is 7.93. The molecular weight excluding hydrogens is 283 g/mol. The molecule has 1 aliphatic heterocycles. The Kier molecular flexibility index (Phi) is 4.62. The lowest BCUT2D eigenvalue weighted by molar-refractivity contribution is 0.121. The summed E-state index contributed by atoms with van der Waals surface area (Å²) in [7, 11) is -2.19. The van der Waals surface area contributed by atoms with Crippen molar-refractivity contribution in [2.75, 3.05) is 32.5 Å². The number of hydrogen-bond acceptors (Lipinski definition) is 4. The second-order valence-corrected chi connectivity index (χ2v) is 6.90. The van der Waals surface area contributed by atoms with Crippen molar-refractivity contribution in [1.82, 2.24) is 4.31 Å². The van der Waals surface area contributed by atoms with Crippen LogP contribution in [0.15, 0.2) is 23.1 Å². The van der Waals surface area contributed by atoms with Gasteiger partial charge in [0.1, 0.15) is 10.7 Å². The van der Waals surface area contributed by atoms with Gasteiger partial charge in [0.25, 0.3) is 0 Å². The van der Waals surface area contributed by atoms with Crippen LogP contribution in [0.2, 0.25) is 0 Å². The number of piperidine rings is 1. The molecule has 7 heteroatoms. The lowest BCUT2D eigenvalue weighted by Gasteiger charge is -2.30. The molecule has 0 radical (unpaired) electrons. The fourth-order valence-corrected chi connectivity index (χ4v) is 3.98. The summed E-state index contributed by atoms with van der Waals surface area (Å²) in [4.78, 5) is -0.345. The highest BCUT2D eigenvalue weighted by molar-refractivity contribution is 7.89. The van der Waals surface area contributed by atoms with E-state index in [2.05, 4.69) is 0 Å². The average molecular weight is 302 g/mol. The Morgan fingerprint density at radius 2 is 2.05 bits per heavy atom. The van der Waals surface area contributed by atoms with Gasteiger partial charge in [0, 0.05) is 32.5 Å². The van der Waals surface area contributed by atoms with Crippen LogP contribution in [0.4, 0.5) is 10.1 Å². The number of methoxy groups -OCH3 is 1. The molecule has 0 amide bonds. The summed E-state index contributed by atoms with van der Waals surface area (Å²) in [5.41, 5.74) is 5.78. The predicted molar refractivity (Wildman–Crippen MR) is 74.2 cm³/mol. The molecule has 5 nitrogen and oxygen atoms in total. The van der Waals surface area contributed by atoms with Crippen molar-refractivity contribution in [3.05, 3.63) is 24.0 Å². The molecule has 1 heterocycles. The molecule has 20 heavy (non-hydrogen) atoms. The minimum atomic E-state index is -3.82. The first-order valence-electron chi connectivity index (χ1n) is 6.49. The summed E-state index contributed by atoms with van der Waals surface area (Å²) in [6.45, 7) is 1.38. The minimum Gasteiger partial charge on any atom is -0.399 e. The Labute approximate surface area is 118 Å². The SMILES string of the molecule is COCC1CCN(S(=O)(=O)c2cc(N)ccc2F)CC1. The van der Waals surface area contributed by atoms with E-state index in [1.807, 2.05) is 0 Å².